The molecule has 0 fully saturated rings. The SMILES string of the molecule is Cc1cc(C)cc(OCC(=O)NC[C@H]2COc3ccccc3O2)c1. The van der Waals surface area contributed by atoms with E-state index >= 15 is 0 Å². The fourth-order valence-corrected chi connectivity index (χ4v) is 2.61. The highest BCUT2D eigenvalue weighted by Crippen LogP contribution is 2.30. The third kappa shape index (κ3) is 4.19. The van der Waals surface area contributed by atoms with Crippen LogP contribution in [-0.2, 0) is 4.79 Å². The van der Waals surface area contributed by atoms with Gasteiger partial charge in [0.25, 0.3) is 5.91 Å². The Labute approximate surface area is 141 Å². The number of aryl methyl sites for hydroxylation is 2. The van der Waals surface area contributed by atoms with E-state index in [2.05, 4.69) is 11.4 Å². The largest absolute Gasteiger partial charge is 0.486 e. The fraction of sp³-hybridized carbons (Fsp3) is 0.316. The van der Waals surface area contributed by atoms with Gasteiger partial charge in [-0.15, -0.1) is 0 Å². The maximum absolute atomic E-state index is 11.9. The summed E-state index contributed by atoms with van der Waals surface area (Å²) in [5, 5.41) is 2.81. The first-order chi connectivity index (χ1) is 11.6. The predicted octanol–water partition coefficient (Wildman–Crippen LogP) is 2.64. The number of para-hydroxylation sites is 2. The van der Waals surface area contributed by atoms with Crippen molar-refractivity contribution in [3.05, 3.63) is 53.6 Å². The molecule has 126 valence electrons. The minimum Gasteiger partial charge on any atom is -0.486 e. The van der Waals surface area contributed by atoms with E-state index in [9.17, 15) is 4.79 Å². The van der Waals surface area contributed by atoms with Crippen LogP contribution in [0, 0.1) is 13.8 Å². The molecule has 0 spiro atoms. The van der Waals surface area contributed by atoms with Gasteiger partial charge in [0.05, 0.1) is 6.54 Å². The standard InChI is InChI=1S/C19H21NO4/c1-13-7-14(2)9-15(8-13)22-12-19(21)20-10-16-11-23-17-5-3-4-6-18(17)24-16/h3-9,16H,10-12H2,1-2H3,(H,20,21)/t16-/m0/s1. The van der Waals surface area contributed by atoms with Gasteiger partial charge in [0, 0.05) is 0 Å². The predicted molar refractivity (Wildman–Crippen MR) is 90.8 cm³/mol. The summed E-state index contributed by atoms with van der Waals surface area (Å²) in [4.78, 5) is 11.9. The Hall–Kier alpha value is -2.69. The summed E-state index contributed by atoms with van der Waals surface area (Å²) in [7, 11) is 0. The normalized spacial score (nSPS) is 15.7. The first-order valence-electron chi connectivity index (χ1n) is 7.96. The zero-order chi connectivity index (χ0) is 16.9. The van der Waals surface area contributed by atoms with Crippen molar-refractivity contribution >= 4 is 5.91 Å². The lowest BCUT2D eigenvalue weighted by molar-refractivity contribution is -0.123. The van der Waals surface area contributed by atoms with Gasteiger partial charge >= 0.3 is 0 Å². The minimum absolute atomic E-state index is 0.0208. The lowest BCUT2D eigenvalue weighted by Gasteiger charge is -2.26. The smallest absolute Gasteiger partial charge is 0.258 e. The summed E-state index contributed by atoms with van der Waals surface area (Å²) in [5.41, 5.74) is 2.22. The van der Waals surface area contributed by atoms with E-state index in [1.807, 2.05) is 50.2 Å². The molecule has 5 nitrogen and oxygen atoms in total. The van der Waals surface area contributed by atoms with Crippen LogP contribution < -0.4 is 19.5 Å². The molecular weight excluding hydrogens is 306 g/mol. The van der Waals surface area contributed by atoms with Gasteiger partial charge in [-0.05, 0) is 49.2 Å². The highest BCUT2D eigenvalue weighted by molar-refractivity contribution is 5.77. The molecule has 2 aromatic rings. The molecule has 24 heavy (non-hydrogen) atoms. The summed E-state index contributed by atoms with van der Waals surface area (Å²) in [6.07, 6.45) is -0.204. The number of benzene rings is 2. The minimum atomic E-state index is -0.204. The maximum atomic E-state index is 11.9. The second-order valence-corrected chi connectivity index (χ2v) is 5.91. The lowest BCUT2D eigenvalue weighted by Crippen LogP contribution is -2.42. The molecule has 0 aliphatic carbocycles. The topological polar surface area (TPSA) is 56.8 Å². The highest BCUT2D eigenvalue weighted by Gasteiger charge is 2.21. The lowest BCUT2D eigenvalue weighted by atomic mass is 10.1. The molecule has 0 radical (unpaired) electrons. The van der Waals surface area contributed by atoms with Gasteiger partial charge in [0.2, 0.25) is 0 Å². The van der Waals surface area contributed by atoms with Gasteiger partial charge < -0.3 is 19.5 Å². The van der Waals surface area contributed by atoms with Crippen LogP contribution >= 0.6 is 0 Å². The van der Waals surface area contributed by atoms with Crippen LogP contribution in [0.3, 0.4) is 0 Å². The van der Waals surface area contributed by atoms with Gasteiger partial charge in [-0.25, -0.2) is 0 Å². The van der Waals surface area contributed by atoms with Crippen LogP contribution in [0.4, 0.5) is 0 Å². The molecule has 2 aromatic carbocycles. The van der Waals surface area contributed by atoms with Crippen molar-refractivity contribution in [1.29, 1.82) is 0 Å². The molecule has 1 amide bonds. The van der Waals surface area contributed by atoms with Crippen molar-refractivity contribution in [2.24, 2.45) is 0 Å². The maximum Gasteiger partial charge on any atom is 0.258 e. The molecule has 1 atom stereocenters. The number of ether oxygens (including phenoxy) is 3. The van der Waals surface area contributed by atoms with E-state index in [0.717, 1.165) is 16.9 Å². The monoisotopic (exact) mass is 327 g/mol. The molecule has 0 bridgehead atoms. The second-order valence-electron chi connectivity index (χ2n) is 5.91. The molecule has 0 unspecified atom stereocenters. The van der Waals surface area contributed by atoms with Crippen LogP contribution in [0.2, 0.25) is 0 Å². The molecule has 0 aromatic heterocycles. The number of amides is 1. The van der Waals surface area contributed by atoms with E-state index in [0.29, 0.717) is 24.7 Å². The van der Waals surface area contributed by atoms with Gasteiger partial charge in [0.15, 0.2) is 18.1 Å². The third-order valence-corrected chi connectivity index (χ3v) is 3.66. The molecular formula is C19H21NO4. The Balaban J connectivity index is 1.45. The first-order valence-corrected chi connectivity index (χ1v) is 7.96. The van der Waals surface area contributed by atoms with E-state index in [4.69, 9.17) is 14.2 Å². The average molecular weight is 327 g/mol. The van der Waals surface area contributed by atoms with Crippen LogP contribution in [-0.4, -0.2) is 31.8 Å². The summed E-state index contributed by atoms with van der Waals surface area (Å²) in [6, 6.07) is 13.4. The van der Waals surface area contributed by atoms with Gasteiger partial charge in [-0.3, -0.25) is 4.79 Å². The summed E-state index contributed by atoms with van der Waals surface area (Å²) in [6.45, 7) is 4.77. The number of nitrogens with one attached hydrogen (secondary N) is 1. The van der Waals surface area contributed by atoms with E-state index in [1.165, 1.54) is 0 Å². The van der Waals surface area contributed by atoms with E-state index < -0.39 is 0 Å². The number of rotatable bonds is 5. The summed E-state index contributed by atoms with van der Waals surface area (Å²) < 4.78 is 17.0. The van der Waals surface area contributed by atoms with Crippen molar-refractivity contribution in [1.82, 2.24) is 5.32 Å². The number of hydrogen-bond acceptors (Lipinski definition) is 4. The van der Waals surface area contributed by atoms with Crippen LogP contribution in [0.5, 0.6) is 17.2 Å². The van der Waals surface area contributed by atoms with Gasteiger partial charge in [-0.2, -0.15) is 0 Å². The first kappa shape index (κ1) is 16.2. The molecule has 3 rings (SSSR count). The Morgan fingerprint density at radius 2 is 1.88 bits per heavy atom. The third-order valence-electron chi connectivity index (χ3n) is 3.66. The Kier molecular flexibility index (Phi) is 4.89. The van der Waals surface area contributed by atoms with E-state index in [1.54, 1.807) is 0 Å². The Bertz CT molecular complexity index is 709. The van der Waals surface area contributed by atoms with Crippen LogP contribution in [0.15, 0.2) is 42.5 Å². The molecule has 1 aliphatic heterocycles. The average Bonchev–Trinajstić information content (AvgIpc) is 2.57. The summed E-state index contributed by atoms with van der Waals surface area (Å²) >= 11 is 0. The Morgan fingerprint density at radius 1 is 1.17 bits per heavy atom. The molecule has 1 N–H and O–H groups in total. The molecule has 5 heteroatoms. The zero-order valence-corrected chi connectivity index (χ0v) is 13.9. The van der Waals surface area contributed by atoms with Crippen molar-refractivity contribution in [2.45, 2.75) is 20.0 Å². The van der Waals surface area contributed by atoms with Gasteiger partial charge in [0.1, 0.15) is 18.5 Å². The van der Waals surface area contributed by atoms with Crippen molar-refractivity contribution in [3.8, 4) is 17.2 Å². The summed E-state index contributed by atoms with van der Waals surface area (Å²) in [5.74, 6) is 1.96. The number of carbonyl (C=O) groups is 1. The highest BCUT2D eigenvalue weighted by atomic mass is 16.6. The molecule has 1 aliphatic rings. The van der Waals surface area contributed by atoms with Crippen LogP contribution in [0.25, 0.3) is 0 Å². The molecule has 0 saturated carbocycles. The zero-order valence-electron chi connectivity index (χ0n) is 13.9. The number of carbonyl (C=O) groups excluding carboxylic acids is 1. The Morgan fingerprint density at radius 3 is 2.62 bits per heavy atom. The molecule has 0 saturated heterocycles. The van der Waals surface area contributed by atoms with E-state index in [-0.39, 0.29) is 18.6 Å². The fourth-order valence-electron chi connectivity index (χ4n) is 2.61. The van der Waals surface area contributed by atoms with Crippen molar-refractivity contribution < 1.29 is 19.0 Å². The number of hydrogen-bond donors (Lipinski definition) is 1. The molecule has 1 heterocycles. The van der Waals surface area contributed by atoms with Crippen molar-refractivity contribution in [2.75, 3.05) is 19.8 Å². The van der Waals surface area contributed by atoms with Crippen molar-refractivity contribution in [3.63, 3.8) is 0 Å². The van der Waals surface area contributed by atoms with Gasteiger partial charge in [-0.1, -0.05) is 18.2 Å². The second kappa shape index (κ2) is 7.25. The number of fused-ring (bicyclic) bond motifs is 1. The quantitative estimate of drug-likeness (QED) is 0.917. The van der Waals surface area contributed by atoms with Crippen LogP contribution in [0.1, 0.15) is 11.1 Å².